The average molecular weight is 484 g/mol. The lowest BCUT2D eigenvalue weighted by atomic mass is 9.75. The maximum Gasteiger partial charge on any atom is 0.231 e. The third-order valence-corrected chi connectivity index (χ3v) is 6.87. The number of hydrogen-bond donors (Lipinski definition) is 1. The fraction of sp³-hybridized carbons (Fsp3) is 0.300. The Hall–Kier alpha value is -3.77. The molecule has 0 saturated heterocycles. The van der Waals surface area contributed by atoms with Crippen molar-refractivity contribution in [2.24, 2.45) is 0 Å². The van der Waals surface area contributed by atoms with Gasteiger partial charge in [0.25, 0.3) is 0 Å². The fourth-order valence-electron chi connectivity index (χ4n) is 5.07. The topological polar surface area (TPSA) is 57.5 Å². The van der Waals surface area contributed by atoms with Gasteiger partial charge in [-0.25, -0.2) is 4.98 Å². The van der Waals surface area contributed by atoms with E-state index in [9.17, 15) is 0 Å². The Balaban J connectivity index is 1.70. The second kappa shape index (κ2) is 10.9. The number of methoxy groups -OCH3 is 1. The smallest absolute Gasteiger partial charge is 0.231 e. The van der Waals surface area contributed by atoms with E-state index in [0.29, 0.717) is 13.1 Å². The first-order chi connectivity index (χ1) is 17.7. The van der Waals surface area contributed by atoms with Crippen LogP contribution in [0.15, 0.2) is 85.5 Å². The Morgan fingerprint density at radius 2 is 1.81 bits per heavy atom. The molecule has 1 atom stereocenters. The van der Waals surface area contributed by atoms with E-state index in [0.717, 1.165) is 47.6 Å². The summed E-state index contributed by atoms with van der Waals surface area (Å²) in [4.78, 5) is 4.25. The summed E-state index contributed by atoms with van der Waals surface area (Å²) in [6.07, 6.45) is 9.59. The summed E-state index contributed by atoms with van der Waals surface area (Å²) in [5.41, 5.74) is 4.25. The molecule has 1 aliphatic heterocycles. The second-order valence-electron chi connectivity index (χ2n) is 9.14. The van der Waals surface area contributed by atoms with Crippen molar-refractivity contribution < 1.29 is 14.2 Å². The summed E-state index contributed by atoms with van der Waals surface area (Å²) < 4.78 is 19.3. The Bertz CT molecular complexity index is 1290. The van der Waals surface area contributed by atoms with Crippen LogP contribution in [0.4, 0.5) is 0 Å². The summed E-state index contributed by atoms with van der Waals surface area (Å²) in [5, 5.41) is 3.95. The Morgan fingerprint density at radius 3 is 2.61 bits per heavy atom. The highest BCUT2D eigenvalue weighted by Crippen LogP contribution is 2.42. The highest BCUT2D eigenvalue weighted by Gasteiger charge is 2.38. The molecule has 1 N–H and O–H groups in total. The molecule has 186 valence electrons. The number of aromatic nitrogens is 2. The molecule has 2 heterocycles. The SMILES string of the molecule is CCCCc1ccccc1C(Cc1ccc2c(c1)OCO2)(NCn1ccnc1)c1ccccc1OC. The first-order valence-electron chi connectivity index (χ1n) is 12.5. The second-order valence-corrected chi connectivity index (χ2v) is 9.14. The van der Waals surface area contributed by atoms with Crippen LogP contribution in [0.3, 0.4) is 0 Å². The van der Waals surface area contributed by atoms with Crippen LogP contribution in [0.1, 0.15) is 42.0 Å². The summed E-state index contributed by atoms with van der Waals surface area (Å²) in [6, 6.07) is 23.3. The lowest BCUT2D eigenvalue weighted by Gasteiger charge is -2.39. The number of unbranched alkanes of at least 4 members (excludes halogenated alkanes) is 1. The Morgan fingerprint density at radius 1 is 1.00 bits per heavy atom. The number of aryl methyl sites for hydroxylation is 1. The molecule has 0 bridgehead atoms. The van der Waals surface area contributed by atoms with E-state index in [-0.39, 0.29) is 6.79 Å². The van der Waals surface area contributed by atoms with Gasteiger partial charge in [0.15, 0.2) is 11.5 Å². The number of hydrogen-bond acceptors (Lipinski definition) is 5. The van der Waals surface area contributed by atoms with Crippen LogP contribution >= 0.6 is 0 Å². The monoisotopic (exact) mass is 483 g/mol. The van der Waals surface area contributed by atoms with Crippen LogP contribution in [0.2, 0.25) is 0 Å². The van der Waals surface area contributed by atoms with Crippen LogP contribution in [0.25, 0.3) is 0 Å². The maximum atomic E-state index is 5.94. The predicted octanol–water partition coefficient (Wildman–Crippen LogP) is 5.70. The van der Waals surface area contributed by atoms with Gasteiger partial charge in [0.2, 0.25) is 6.79 Å². The van der Waals surface area contributed by atoms with Crippen molar-refractivity contribution in [3.63, 3.8) is 0 Å². The summed E-state index contributed by atoms with van der Waals surface area (Å²) >= 11 is 0. The number of benzene rings is 3. The van der Waals surface area contributed by atoms with Crippen molar-refractivity contribution >= 4 is 0 Å². The summed E-state index contributed by atoms with van der Waals surface area (Å²) in [7, 11) is 1.74. The number of imidazole rings is 1. The predicted molar refractivity (Wildman–Crippen MR) is 140 cm³/mol. The van der Waals surface area contributed by atoms with Crippen molar-refractivity contribution in [1.29, 1.82) is 0 Å². The van der Waals surface area contributed by atoms with Crippen LogP contribution in [0.5, 0.6) is 17.2 Å². The molecule has 0 aliphatic carbocycles. The molecule has 0 saturated carbocycles. The van der Waals surface area contributed by atoms with Gasteiger partial charge in [0.05, 0.1) is 25.6 Å². The number of nitrogens with zero attached hydrogens (tertiary/aromatic N) is 2. The quantitative estimate of drug-likeness (QED) is 0.297. The average Bonchev–Trinajstić information content (AvgIpc) is 3.62. The van der Waals surface area contributed by atoms with Gasteiger partial charge in [-0.2, -0.15) is 0 Å². The number of nitrogens with one attached hydrogen (secondary N) is 1. The van der Waals surface area contributed by atoms with Crippen LogP contribution in [0, 0.1) is 0 Å². The molecular formula is C30H33N3O3. The molecule has 6 heteroatoms. The van der Waals surface area contributed by atoms with Crippen LogP contribution in [-0.2, 0) is 25.0 Å². The number of para-hydroxylation sites is 1. The maximum absolute atomic E-state index is 5.94. The molecule has 3 aromatic carbocycles. The van der Waals surface area contributed by atoms with Crippen molar-refractivity contribution in [3.05, 3.63) is 108 Å². The molecule has 0 radical (unpaired) electrons. The van der Waals surface area contributed by atoms with E-state index in [2.05, 4.69) is 70.3 Å². The van der Waals surface area contributed by atoms with Crippen molar-refractivity contribution in [1.82, 2.24) is 14.9 Å². The first-order valence-corrected chi connectivity index (χ1v) is 12.5. The minimum atomic E-state index is -0.574. The molecule has 6 nitrogen and oxygen atoms in total. The zero-order chi connectivity index (χ0) is 24.8. The third-order valence-electron chi connectivity index (χ3n) is 6.87. The van der Waals surface area contributed by atoms with Gasteiger partial charge < -0.3 is 18.8 Å². The normalized spacial score (nSPS) is 13.9. The zero-order valence-corrected chi connectivity index (χ0v) is 20.9. The lowest BCUT2D eigenvalue weighted by molar-refractivity contribution is 0.174. The largest absolute Gasteiger partial charge is 0.496 e. The first kappa shape index (κ1) is 23.9. The molecule has 1 unspecified atom stereocenters. The van der Waals surface area contributed by atoms with Gasteiger partial charge in [-0.15, -0.1) is 0 Å². The molecule has 1 aromatic heterocycles. The van der Waals surface area contributed by atoms with E-state index < -0.39 is 5.54 Å². The third kappa shape index (κ3) is 4.82. The molecule has 0 spiro atoms. The van der Waals surface area contributed by atoms with Crippen LogP contribution in [-0.4, -0.2) is 23.5 Å². The number of rotatable bonds is 11. The van der Waals surface area contributed by atoms with Crippen LogP contribution < -0.4 is 19.5 Å². The van der Waals surface area contributed by atoms with Gasteiger partial charge in [0, 0.05) is 18.0 Å². The summed E-state index contributed by atoms with van der Waals surface area (Å²) in [5.74, 6) is 2.42. The minimum absolute atomic E-state index is 0.259. The molecule has 0 amide bonds. The van der Waals surface area contributed by atoms with E-state index in [1.165, 1.54) is 11.1 Å². The highest BCUT2D eigenvalue weighted by atomic mass is 16.7. The summed E-state index contributed by atoms with van der Waals surface area (Å²) in [6.45, 7) is 3.08. The number of ether oxygens (including phenoxy) is 3. The van der Waals surface area contributed by atoms with Gasteiger partial charge in [-0.1, -0.05) is 61.9 Å². The fourth-order valence-corrected chi connectivity index (χ4v) is 5.07. The van der Waals surface area contributed by atoms with Gasteiger partial charge >= 0.3 is 0 Å². The molecule has 1 aliphatic rings. The highest BCUT2D eigenvalue weighted by molar-refractivity contribution is 5.52. The van der Waals surface area contributed by atoms with Crippen molar-refractivity contribution in [2.45, 2.75) is 44.8 Å². The zero-order valence-electron chi connectivity index (χ0n) is 20.9. The standard InChI is InChI=1S/C30H33N3O3/c1-3-4-9-24-10-5-6-11-25(24)30(32-21-33-17-16-31-20-33,26-12-7-8-13-27(26)34-2)19-23-14-15-28-29(18-23)36-22-35-28/h5-8,10-18,20,32H,3-4,9,19,21-22H2,1-2H3. The molecule has 0 fully saturated rings. The van der Waals surface area contributed by atoms with Crippen molar-refractivity contribution in [2.75, 3.05) is 13.9 Å². The molecule has 4 aromatic rings. The molecule has 36 heavy (non-hydrogen) atoms. The van der Waals surface area contributed by atoms with E-state index in [4.69, 9.17) is 14.2 Å². The van der Waals surface area contributed by atoms with Gasteiger partial charge in [0.1, 0.15) is 5.75 Å². The lowest BCUT2D eigenvalue weighted by Crippen LogP contribution is -2.47. The van der Waals surface area contributed by atoms with E-state index in [1.54, 1.807) is 13.3 Å². The van der Waals surface area contributed by atoms with Gasteiger partial charge in [-0.05, 0) is 54.2 Å². The molecular weight excluding hydrogens is 450 g/mol. The van der Waals surface area contributed by atoms with Gasteiger partial charge in [-0.3, -0.25) is 5.32 Å². The minimum Gasteiger partial charge on any atom is -0.496 e. The van der Waals surface area contributed by atoms with Crippen molar-refractivity contribution in [3.8, 4) is 17.2 Å². The Labute approximate surface area is 212 Å². The molecule has 5 rings (SSSR count). The Kier molecular flexibility index (Phi) is 7.23. The number of fused-ring (bicyclic) bond motifs is 1. The van der Waals surface area contributed by atoms with E-state index in [1.807, 2.05) is 30.7 Å². The van der Waals surface area contributed by atoms with E-state index >= 15 is 0 Å².